The summed E-state index contributed by atoms with van der Waals surface area (Å²) in [5.74, 6) is 0. The Balaban J connectivity index is 2.15. The maximum Gasteiger partial charge on any atom is 0.504 e. The van der Waals surface area contributed by atoms with Crippen molar-refractivity contribution in [2.45, 2.75) is 11.4 Å². The second-order valence-electron chi connectivity index (χ2n) is 5.00. The van der Waals surface area contributed by atoms with E-state index in [1.165, 1.54) is 16.7 Å². The molecule has 22 heavy (non-hydrogen) atoms. The minimum atomic E-state index is -2.57. The third-order valence-corrected chi connectivity index (χ3v) is 7.10. The van der Waals surface area contributed by atoms with Crippen LogP contribution in [0.15, 0.2) is 48.5 Å². The zero-order valence-corrected chi connectivity index (χ0v) is 15.7. The molecule has 0 fully saturated rings. The van der Waals surface area contributed by atoms with Crippen molar-refractivity contribution in [3.63, 3.8) is 0 Å². The molecule has 0 radical (unpaired) electrons. The van der Waals surface area contributed by atoms with Crippen LogP contribution in [0.2, 0.25) is 0 Å². The molecule has 0 bridgehead atoms. The van der Waals surface area contributed by atoms with E-state index in [2.05, 4.69) is 64.5 Å². The minimum absolute atomic E-state index is 0.666. The van der Waals surface area contributed by atoms with E-state index in [0.29, 0.717) is 6.04 Å². The van der Waals surface area contributed by atoms with Gasteiger partial charge >= 0.3 is 8.80 Å². The van der Waals surface area contributed by atoms with Gasteiger partial charge in [0.15, 0.2) is 0 Å². The van der Waals surface area contributed by atoms with Gasteiger partial charge in [-0.05, 0) is 22.3 Å². The van der Waals surface area contributed by atoms with Crippen LogP contribution in [-0.2, 0) is 24.7 Å². The van der Waals surface area contributed by atoms with Crippen molar-refractivity contribution in [3.8, 4) is 11.1 Å². The van der Waals surface area contributed by atoms with Gasteiger partial charge < -0.3 is 13.3 Å². The predicted molar refractivity (Wildman–Crippen MR) is 95.0 cm³/mol. The molecule has 0 aliphatic rings. The zero-order chi connectivity index (χ0) is 16.0. The summed E-state index contributed by atoms with van der Waals surface area (Å²) in [6.07, 6.45) is 0. The third kappa shape index (κ3) is 4.06. The lowest BCUT2D eigenvalue weighted by molar-refractivity contribution is 0.122. The molecule has 2 aromatic rings. The van der Waals surface area contributed by atoms with Crippen molar-refractivity contribution < 1.29 is 13.3 Å². The molecule has 0 saturated carbocycles. The average molecular weight is 381 g/mol. The van der Waals surface area contributed by atoms with E-state index in [1.54, 1.807) is 21.3 Å². The number of rotatable bonds is 7. The van der Waals surface area contributed by atoms with Gasteiger partial charge in [0.05, 0.1) is 0 Å². The highest BCUT2D eigenvalue weighted by Crippen LogP contribution is 2.22. The van der Waals surface area contributed by atoms with Crippen molar-refractivity contribution in [3.05, 3.63) is 59.7 Å². The lowest BCUT2D eigenvalue weighted by Gasteiger charge is -2.24. The highest BCUT2D eigenvalue weighted by atomic mass is 79.9. The smallest absolute Gasteiger partial charge is 0.377 e. The van der Waals surface area contributed by atoms with Crippen LogP contribution >= 0.6 is 15.9 Å². The first-order chi connectivity index (χ1) is 10.7. The van der Waals surface area contributed by atoms with Crippen molar-refractivity contribution >= 4 is 24.7 Å². The first-order valence-electron chi connectivity index (χ1n) is 7.06. The van der Waals surface area contributed by atoms with Gasteiger partial charge in [-0.1, -0.05) is 64.5 Å². The first kappa shape index (κ1) is 17.4. The van der Waals surface area contributed by atoms with E-state index < -0.39 is 8.80 Å². The van der Waals surface area contributed by atoms with Crippen molar-refractivity contribution in [2.75, 3.05) is 21.3 Å². The first-order valence-corrected chi connectivity index (χ1v) is 10.1. The molecule has 0 unspecified atom stereocenters. The summed E-state index contributed by atoms with van der Waals surface area (Å²) in [4.78, 5) is 0. The van der Waals surface area contributed by atoms with Gasteiger partial charge in [-0.25, -0.2) is 0 Å². The Bertz CT molecular complexity index is 572. The van der Waals surface area contributed by atoms with Crippen LogP contribution < -0.4 is 0 Å². The fourth-order valence-corrected chi connectivity index (χ4v) is 4.36. The van der Waals surface area contributed by atoms with Gasteiger partial charge in [0.1, 0.15) is 0 Å². The quantitative estimate of drug-likeness (QED) is 0.531. The molecule has 118 valence electrons. The average Bonchev–Trinajstić information content (AvgIpc) is 2.60. The molecular formula is C17H21BrO3Si. The molecule has 0 saturated heterocycles. The summed E-state index contributed by atoms with van der Waals surface area (Å²) in [6, 6.07) is 17.7. The van der Waals surface area contributed by atoms with Crippen molar-refractivity contribution in [2.24, 2.45) is 0 Å². The van der Waals surface area contributed by atoms with Crippen LogP contribution in [0.3, 0.4) is 0 Å². The molecule has 0 amide bonds. The van der Waals surface area contributed by atoms with E-state index in [-0.39, 0.29) is 0 Å². The summed E-state index contributed by atoms with van der Waals surface area (Å²) in [7, 11) is 2.34. The Labute approximate surface area is 141 Å². The Kier molecular flexibility index (Phi) is 6.34. The van der Waals surface area contributed by atoms with E-state index in [9.17, 15) is 0 Å². The number of halogens is 1. The lowest BCUT2D eigenvalue weighted by Crippen LogP contribution is -2.45. The normalized spacial score (nSPS) is 11.6. The maximum atomic E-state index is 5.47. The second-order valence-corrected chi connectivity index (χ2v) is 8.50. The fourth-order valence-electron chi connectivity index (χ4n) is 2.32. The maximum absolute atomic E-state index is 5.47. The van der Waals surface area contributed by atoms with E-state index >= 15 is 0 Å². The largest absolute Gasteiger partial charge is 0.504 e. The van der Waals surface area contributed by atoms with Crippen molar-refractivity contribution in [1.29, 1.82) is 0 Å². The minimum Gasteiger partial charge on any atom is -0.377 e. The van der Waals surface area contributed by atoms with Gasteiger partial charge in [0.25, 0.3) is 0 Å². The molecule has 0 aromatic heterocycles. The Morgan fingerprint density at radius 1 is 0.727 bits per heavy atom. The molecule has 0 spiro atoms. The fraction of sp³-hybridized carbons (Fsp3) is 0.294. The van der Waals surface area contributed by atoms with Crippen LogP contribution in [0.1, 0.15) is 11.1 Å². The summed E-state index contributed by atoms with van der Waals surface area (Å²) in [5.41, 5.74) is 4.84. The van der Waals surface area contributed by atoms with Crippen molar-refractivity contribution in [1.82, 2.24) is 0 Å². The standard InChI is InChI=1S/C17H21BrO3Si/c1-19-22(20-2,21-3)13-15-6-10-17(11-7-15)16-8-4-14(12-18)5-9-16/h4-11H,12-13H2,1-3H3. The molecule has 5 heteroatoms. The zero-order valence-electron chi connectivity index (χ0n) is 13.1. The SMILES string of the molecule is CO[Si](Cc1ccc(-c2ccc(CBr)cc2)cc1)(OC)OC. The predicted octanol–water partition coefficient (Wildman–Crippen LogP) is 4.21. The third-order valence-electron chi connectivity index (χ3n) is 3.75. The summed E-state index contributed by atoms with van der Waals surface area (Å²) in [5, 5.41) is 0.879. The number of alkyl halides is 1. The van der Waals surface area contributed by atoms with Gasteiger partial charge in [-0.15, -0.1) is 0 Å². The molecule has 0 aliphatic heterocycles. The van der Waals surface area contributed by atoms with Gasteiger partial charge in [-0.2, -0.15) is 0 Å². The summed E-state index contributed by atoms with van der Waals surface area (Å²) >= 11 is 3.46. The van der Waals surface area contributed by atoms with Crippen LogP contribution in [0.25, 0.3) is 11.1 Å². The molecule has 2 rings (SSSR count). The van der Waals surface area contributed by atoms with E-state index in [1.807, 2.05) is 0 Å². The van der Waals surface area contributed by atoms with Gasteiger partial charge in [0, 0.05) is 32.7 Å². The highest BCUT2D eigenvalue weighted by Gasteiger charge is 2.37. The van der Waals surface area contributed by atoms with E-state index in [4.69, 9.17) is 13.3 Å². The Morgan fingerprint density at radius 3 is 1.50 bits per heavy atom. The molecule has 0 N–H and O–H groups in total. The second kappa shape index (κ2) is 8.03. The summed E-state index contributed by atoms with van der Waals surface area (Å²) < 4.78 is 16.4. The molecule has 0 heterocycles. The van der Waals surface area contributed by atoms with E-state index in [0.717, 1.165) is 10.9 Å². The van der Waals surface area contributed by atoms with Crippen LogP contribution in [0.4, 0.5) is 0 Å². The van der Waals surface area contributed by atoms with Crippen LogP contribution in [-0.4, -0.2) is 30.1 Å². The monoisotopic (exact) mass is 380 g/mol. The Hall–Kier alpha value is -0.983. The van der Waals surface area contributed by atoms with Crippen LogP contribution in [0, 0.1) is 0 Å². The van der Waals surface area contributed by atoms with Crippen LogP contribution in [0.5, 0.6) is 0 Å². The van der Waals surface area contributed by atoms with Gasteiger partial charge in [-0.3, -0.25) is 0 Å². The Morgan fingerprint density at radius 2 is 1.14 bits per heavy atom. The number of hydrogen-bond donors (Lipinski definition) is 0. The lowest BCUT2D eigenvalue weighted by atomic mass is 10.0. The number of benzene rings is 2. The molecule has 2 aromatic carbocycles. The molecular weight excluding hydrogens is 360 g/mol. The molecule has 0 atom stereocenters. The molecule has 0 aliphatic carbocycles. The van der Waals surface area contributed by atoms with Gasteiger partial charge in [0.2, 0.25) is 0 Å². The summed E-state index contributed by atoms with van der Waals surface area (Å²) in [6.45, 7) is 0. The number of hydrogen-bond acceptors (Lipinski definition) is 3. The highest BCUT2D eigenvalue weighted by molar-refractivity contribution is 9.08. The molecule has 3 nitrogen and oxygen atoms in total. The topological polar surface area (TPSA) is 27.7 Å².